The zero-order valence-corrected chi connectivity index (χ0v) is 11.4. The van der Waals surface area contributed by atoms with Crippen LogP contribution in [0, 0.1) is 0 Å². The number of rotatable bonds is 3. The molecule has 0 amide bonds. The number of hydrogen-bond donors (Lipinski definition) is 1. The lowest BCUT2D eigenvalue weighted by molar-refractivity contribution is -0.153. The van der Waals surface area contributed by atoms with E-state index in [0.29, 0.717) is 11.1 Å². The average molecular weight is 336 g/mol. The van der Waals surface area contributed by atoms with Gasteiger partial charge in [0.25, 0.3) is 0 Å². The number of ether oxygens (including phenoxy) is 1. The van der Waals surface area contributed by atoms with Crippen LogP contribution in [-0.2, 0) is 6.18 Å². The van der Waals surface area contributed by atoms with Gasteiger partial charge in [0.1, 0.15) is 11.4 Å². The molecule has 0 spiro atoms. The third-order valence-electron chi connectivity index (χ3n) is 2.79. The predicted molar refractivity (Wildman–Crippen MR) is 70.6 cm³/mol. The molecule has 0 bridgehead atoms. The van der Waals surface area contributed by atoms with Crippen LogP contribution in [0.3, 0.4) is 0 Å². The van der Waals surface area contributed by atoms with E-state index in [2.05, 4.69) is 9.72 Å². The Balaban J connectivity index is 2.21. The molecule has 2 N–H and O–H groups in total. The van der Waals surface area contributed by atoms with Crippen LogP contribution >= 0.6 is 0 Å². The summed E-state index contributed by atoms with van der Waals surface area (Å²) in [5.74, 6) is -0.0940. The summed E-state index contributed by atoms with van der Waals surface area (Å²) in [4.78, 5) is 3.30. The minimum absolute atomic E-state index is 0.0613. The molecule has 2 aromatic rings. The van der Waals surface area contributed by atoms with Gasteiger partial charge >= 0.3 is 12.4 Å². The molecule has 0 fully saturated rings. The van der Waals surface area contributed by atoms with Gasteiger partial charge in [-0.05, 0) is 18.2 Å². The standard InChI is InChI=1S/C14H10F6N2O/c15-13(16,17)7-23-9-2-3-10(11(21)5-9)8-1-4-12(22-6-8)14(18,19)20/h1-6H,7,21H2. The highest BCUT2D eigenvalue weighted by atomic mass is 19.4. The maximum absolute atomic E-state index is 12.4. The van der Waals surface area contributed by atoms with Gasteiger partial charge in [0.15, 0.2) is 6.61 Å². The molecule has 1 aromatic carbocycles. The molecule has 3 nitrogen and oxygen atoms in total. The summed E-state index contributed by atoms with van der Waals surface area (Å²) in [5, 5.41) is 0. The van der Waals surface area contributed by atoms with Gasteiger partial charge in [-0.15, -0.1) is 0 Å². The average Bonchev–Trinajstić information content (AvgIpc) is 2.44. The molecular weight excluding hydrogens is 326 g/mol. The van der Waals surface area contributed by atoms with E-state index in [0.717, 1.165) is 12.3 Å². The number of hydrogen-bond acceptors (Lipinski definition) is 3. The van der Waals surface area contributed by atoms with Gasteiger partial charge in [-0.1, -0.05) is 6.07 Å². The Morgan fingerprint density at radius 1 is 1.00 bits per heavy atom. The highest BCUT2D eigenvalue weighted by Gasteiger charge is 2.32. The van der Waals surface area contributed by atoms with Crippen molar-refractivity contribution in [3.8, 4) is 16.9 Å². The Bertz CT molecular complexity index is 679. The fourth-order valence-corrected chi connectivity index (χ4v) is 1.78. The van der Waals surface area contributed by atoms with Crippen molar-refractivity contribution >= 4 is 5.69 Å². The highest BCUT2D eigenvalue weighted by Crippen LogP contribution is 2.32. The molecule has 1 aromatic heterocycles. The van der Waals surface area contributed by atoms with Crippen molar-refractivity contribution in [2.24, 2.45) is 0 Å². The van der Waals surface area contributed by atoms with Crippen LogP contribution in [0.15, 0.2) is 36.5 Å². The predicted octanol–water partition coefficient (Wildman–Crippen LogP) is 4.29. The van der Waals surface area contributed by atoms with Gasteiger partial charge in [0.2, 0.25) is 0 Å². The van der Waals surface area contributed by atoms with E-state index < -0.39 is 24.7 Å². The van der Waals surface area contributed by atoms with Crippen LogP contribution in [0.5, 0.6) is 5.75 Å². The number of nitrogens with zero attached hydrogens (tertiary/aromatic N) is 1. The fourth-order valence-electron chi connectivity index (χ4n) is 1.78. The Labute approximate surface area is 126 Å². The van der Waals surface area contributed by atoms with Crippen LogP contribution in [0.1, 0.15) is 5.69 Å². The second kappa shape index (κ2) is 5.98. The first-order valence-corrected chi connectivity index (χ1v) is 6.19. The quantitative estimate of drug-likeness (QED) is 0.672. The second-order valence-corrected chi connectivity index (χ2v) is 4.58. The summed E-state index contributed by atoms with van der Waals surface area (Å²) in [7, 11) is 0. The summed E-state index contributed by atoms with van der Waals surface area (Å²) >= 11 is 0. The van der Waals surface area contributed by atoms with Crippen molar-refractivity contribution in [3.63, 3.8) is 0 Å². The molecule has 0 aliphatic rings. The maximum Gasteiger partial charge on any atom is 0.433 e. The molecule has 0 saturated heterocycles. The zero-order chi connectivity index (χ0) is 17.3. The van der Waals surface area contributed by atoms with Gasteiger partial charge in [-0.2, -0.15) is 26.3 Å². The van der Waals surface area contributed by atoms with E-state index in [9.17, 15) is 26.3 Å². The molecular formula is C14H10F6N2O. The van der Waals surface area contributed by atoms with Crippen molar-refractivity contribution in [2.45, 2.75) is 12.4 Å². The Hall–Kier alpha value is -2.45. The van der Waals surface area contributed by atoms with Gasteiger partial charge in [0, 0.05) is 29.1 Å². The lowest BCUT2D eigenvalue weighted by Gasteiger charge is -2.12. The molecule has 23 heavy (non-hydrogen) atoms. The van der Waals surface area contributed by atoms with Crippen LogP contribution in [0.4, 0.5) is 32.0 Å². The minimum Gasteiger partial charge on any atom is -0.484 e. The van der Waals surface area contributed by atoms with Crippen LogP contribution in [-0.4, -0.2) is 17.8 Å². The smallest absolute Gasteiger partial charge is 0.433 e. The first-order chi connectivity index (χ1) is 10.6. The van der Waals surface area contributed by atoms with Crippen LogP contribution < -0.4 is 10.5 Å². The number of aromatic nitrogens is 1. The first-order valence-electron chi connectivity index (χ1n) is 6.19. The lowest BCUT2D eigenvalue weighted by atomic mass is 10.1. The summed E-state index contributed by atoms with van der Waals surface area (Å²) in [6.07, 6.45) is -8.05. The second-order valence-electron chi connectivity index (χ2n) is 4.58. The number of alkyl halides is 6. The van der Waals surface area contributed by atoms with E-state index in [1.807, 2.05) is 0 Å². The Morgan fingerprint density at radius 3 is 2.17 bits per heavy atom. The Morgan fingerprint density at radius 2 is 1.70 bits per heavy atom. The largest absolute Gasteiger partial charge is 0.484 e. The summed E-state index contributed by atoms with van der Waals surface area (Å²) in [5.41, 5.74) is 5.36. The molecule has 9 heteroatoms. The number of halogens is 6. The lowest BCUT2D eigenvalue weighted by Crippen LogP contribution is -2.19. The Kier molecular flexibility index (Phi) is 4.39. The monoisotopic (exact) mass is 336 g/mol. The van der Waals surface area contributed by atoms with Crippen molar-refractivity contribution in [1.82, 2.24) is 4.98 Å². The topological polar surface area (TPSA) is 48.1 Å². The third kappa shape index (κ3) is 4.51. The molecule has 0 unspecified atom stereocenters. The number of nitrogen functional groups attached to an aromatic ring is 1. The summed E-state index contributed by atoms with van der Waals surface area (Å²) in [6, 6.07) is 5.74. The van der Waals surface area contributed by atoms with E-state index >= 15 is 0 Å². The van der Waals surface area contributed by atoms with E-state index in [1.54, 1.807) is 0 Å². The normalized spacial score (nSPS) is 12.3. The van der Waals surface area contributed by atoms with Crippen molar-refractivity contribution in [3.05, 3.63) is 42.2 Å². The van der Waals surface area contributed by atoms with E-state index in [-0.39, 0.29) is 11.4 Å². The minimum atomic E-state index is -4.56. The molecule has 0 atom stereocenters. The zero-order valence-electron chi connectivity index (χ0n) is 11.4. The number of benzene rings is 1. The fraction of sp³-hybridized carbons (Fsp3) is 0.214. The molecule has 0 saturated carbocycles. The van der Waals surface area contributed by atoms with E-state index in [4.69, 9.17) is 5.73 Å². The van der Waals surface area contributed by atoms with Crippen molar-refractivity contribution in [2.75, 3.05) is 12.3 Å². The SMILES string of the molecule is Nc1cc(OCC(F)(F)F)ccc1-c1ccc(C(F)(F)F)nc1. The van der Waals surface area contributed by atoms with Gasteiger partial charge in [-0.25, -0.2) is 0 Å². The van der Waals surface area contributed by atoms with E-state index in [1.165, 1.54) is 24.3 Å². The maximum atomic E-state index is 12.4. The van der Waals surface area contributed by atoms with Crippen LogP contribution in [0.2, 0.25) is 0 Å². The summed E-state index contributed by atoms with van der Waals surface area (Å²) < 4.78 is 78.0. The van der Waals surface area contributed by atoms with Gasteiger partial charge in [-0.3, -0.25) is 4.98 Å². The van der Waals surface area contributed by atoms with Gasteiger partial charge < -0.3 is 10.5 Å². The highest BCUT2D eigenvalue weighted by molar-refractivity contribution is 5.76. The molecule has 0 radical (unpaired) electrons. The number of anilines is 1. The van der Waals surface area contributed by atoms with Crippen LogP contribution in [0.25, 0.3) is 11.1 Å². The first kappa shape index (κ1) is 16.9. The van der Waals surface area contributed by atoms with Gasteiger partial charge in [0.05, 0.1) is 0 Å². The summed E-state index contributed by atoms with van der Waals surface area (Å²) in [6.45, 7) is -1.46. The molecule has 1 heterocycles. The number of pyridine rings is 1. The van der Waals surface area contributed by atoms with Crippen molar-refractivity contribution in [1.29, 1.82) is 0 Å². The molecule has 2 rings (SSSR count). The number of nitrogens with two attached hydrogens (primary N) is 1. The molecule has 124 valence electrons. The third-order valence-corrected chi connectivity index (χ3v) is 2.79. The molecule has 0 aliphatic heterocycles. The van der Waals surface area contributed by atoms with Crippen molar-refractivity contribution < 1.29 is 31.1 Å². The molecule has 0 aliphatic carbocycles.